The number of H-pyrrole nitrogens is 2. The lowest BCUT2D eigenvalue weighted by Crippen LogP contribution is -2.04. The number of rotatable bonds is 1. The van der Waals surface area contributed by atoms with Gasteiger partial charge in [0.1, 0.15) is 11.5 Å². The van der Waals surface area contributed by atoms with E-state index in [1.165, 1.54) is 0 Å². The first-order valence-electron chi connectivity index (χ1n) is 5.11. The van der Waals surface area contributed by atoms with Crippen LogP contribution in [0.2, 0.25) is 0 Å². The van der Waals surface area contributed by atoms with Crippen molar-refractivity contribution in [2.24, 2.45) is 0 Å². The van der Waals surface area contributed by atoms with E-state index in [4.69, 9.17) is 0 Å². The Bertz CT molecular complexity index is 695. The Hall–Kier alpha value is -2.31. The molecule has 0 saturated heterocycles. The van der Waals surface area contributed by atoms with Crippen LogP contribution in [-0.4, -0.2) is 19.9 Å². The van der Waals surface area contributed by atoms with Crippen molar-refractivity contribution in [2.45, 2.75) is 6.18 Å². The number of imidazole rings is 1. The molecule has 0 spiro atoms. The van der Waals surface area contributed by atoms with E-state index in [0.29, 0.717) is 11.2 Å². The molecule has 0 atom stereocenters. The summed E-state index contributed by atoms with van der Waals surface area (Å²) in [5, 5.41) is 0.723. The number of nitrogens with zero attached hydrogens (tertiary/aromatic N) is 2. The molecule has 0 aliphatic rings. The average Bonchev–Trinajstić information content (AvgIpc) is 2.94. The van der Waals surface area contributed by atoms with Gasteiger partial charge in [0.05, 0.1) is 0 Å². The van der Waals surface area contributed by atoms with Gasteiger partial charge in [-0.15, -0.1) is 0 Å². The zero-order chi connectivity index (χ0) is 12.8. The van der Waals surface area contributed by atoms with Gasteiger partial charge in [0, 0.05) is 29.5 Å². The van der Waals surface area contributed by atoms with Gasteiger partial charge < -0.3 is 9.97 Å². The monoisotopic (exact) mass is 252 g/mol. The Balaban J connectivity index is 2.13. The van der Waals surface area contributed by atoms with Crippen LogP contribution < -0.4 is 0 Å². The highest BCUT2D eigenvalue weighted by atomic mass is 19.4. The van der Waals surface area contributed by atoms with Crippen LogP contribution in [0.4, 0.5) is 13.2 Å². The molecule has 92 valence electrons. The maximum atomic E-state index is 12.5. The molecular formula is C11H7F3N4. The first kappa shape index (κ1) is 10.8. The number of aromatic amines is 2. The Kier molecular flexibility index (Phi) is 2.16. The topological polar surface area (TPSA) is 57.4 Å². The summed E-state index contributed by atoms with van der Waals surface area (Å²) in [6, 6.07) is 3.48. The van der Waals surface area contributed by atoms with E-state index >= 15 is 0 Å². The van der Waals surface area contributed by atoms with Crippen LogP contribution in [0.15, 0.2) is 30.7 Å². The molecule has 0 saturated carbocycles. The zero-order valence-electron chi connectivity index (χ0n) is 8.92. The minimum Gasteiger partial charge on any atom is -0.345 e. The lowest BCUT2D eigenvalue weighted by Gasteiger charge is -1.99. The van der Waals surface area contributed by atoms with E-state index in [1.807, 2.05) is 0 Å². The van der Waals surface area contributed by atoms with Crippen molar-refractivity contribution in [3.05, 3.63) is 36.4 Å². The lowest BCUT2D eigenvalue weighted by atomic mass is 10.2. The number of nitrogens with one attached hydrogen (secondary N) is 2. The number of alkyl halides is 3. The van der Waals surface area contributed by atoms with Crippen molar-refractivity contribution in [2.75, 3.05) is 0 Å². The van der Waals surface area contributed by atoms with Gasteiger partial charge in [0.2, 0.25) is 0 Å². The molecule has 3 rings (SSSR count). The lowest BCUT2D eigenvalue weighted by molar-refractivity contribution is -0.140. The highest BCUT2D eigenvalue weighted by molar-refractivity contribution is 5.91. The summed E-state index contributed by atoms with van der Waals surface area (Å²) >= 11 is 0. The highest BCUT2D eigenvalue weighted by Crippen LogP contribution is 2.31. The first-order chi connectivity index (χ1) is 8.55. The molecule has 3 aromatic heterocycles. The molecule has 0 unspecified atom stereocenters. The highest BCUT2D eigenvalue weighted by Gasteiger charge is 2.33. The Morgan fingerprint density at radius 3 is 2.67 bits per heavy atom. The number of hydrogen-bond donors (Lipinski definition) is 2. The molecule has 0 fully saturated rings. The minimum absolute atomic E-state index is 0.168. The third kappa shape index (κ3) is 1.64. The molecule has 0 amide bonds. The quantitative estimate of drug-likeness (QED) is 0.699. The maximum Gasteiger partial charge on any atom is 0.434 e. The van der Waals surface area contributed by atoms with Gasteiger partial charge in [-0.1, -0.05) is 0 Å². The Morgan fingerprint density at radius 2 is 1.94 bits per heavy atom. The smallest absolute Gasteiger partial charge is 0.345 e. The van der Waals surface area contributed by atoms with Crippen LogP contribution >= 0.6 is 0 Å². The second-order valence-electron chi connectivity index (χ2n) is 3.73. The number of hydrogen-bond acceptors (Lipinski definition) is 2. The fourth-order valence-corrected chi connectivity index (χ4v) is 1.76. The van der Waals surface area contributed by atoms with Gasteiger partial charge in [0.25, 0.3) is 0 Å². The molecule has 4 nitrogen and oxygen atoms in total. The van der Waals surface area contributed by atoms with Crippen molar-refractivity contribution in [1.29, 1.82) is 0 Å². The van der Waals surface area contributed by atoms with Gasteiger partial charge in [0.15, 0.2) is 5.69 Å². The normalized spacial score (nSPS) is 12.2. The molecule has 0 aromatic carbocycles. The molecule has 0 aliphatic heterocycles. The molecule has 3 aromatic rings. The van der Waals surface area contributed by atoms with Crippen LogP contribution in [0.5, 0.6) is 0 Å². The fourth-order valence-electron chi connectivity index (χ4n) is 1.76. The summed E-state index contributed by atoms with van der Waals surface area (Å²) in [4.78, 5) is 13.0. The summed E-state index contributed by atoms with van der Waals surface area (Å²) in [6.07, 6.45) is -0.411. The van der Waals surface area contributed by atoms with E-state index in [1.54, 1.807) is 24.5 Å². The van der Waals surface area contributed by atoms with E-state index in [-0.39, 0.29) is 5.82 Å². The summed E-state index contributed by atoms with van der Waals surface area (Å²) in [6.45, 7) is 0. The summed E-state index contributed by atoms with van der Waals surface area (Å²) in [7, 11) is 0. The number of pyridine rings is 1. The summed E-state index contributed by atoms with van der Waals surface area (Å²) in [5.41, 5.74) is 0.238. The van der Waals surface area contributed by atoms with Crippen LogP contribution in [0.1, 0.15) is 5.69 Å². The van der Waals surface area contributed by atoms with Crippen molar-refractivity contribution in [3.8, 4) is 11.4 Å². The van der Waals surface area contributed by atoms with Gasteiger partial charge in [-0.05, 0) is 12.1 Å². The zero-order valence-corrected chi connectivity index (χ0v) is 8.92. The van der Waals surface area contributed by atoms with Crippen LogP contribution in [0, 0.1) is 0 Å². The number of fused-ring (bicyclic) bond motifs is 1. The van der Waals surface area contributed by atoms with Crippen molar-refractivity contribution >= 4 is 11.0 Å². The third-order valence-corrected chi connectivity index (χ3v) is 2.57. The minimum atomic E-state index is -4.45. The first-order valence-corrected chi connectivity index (χ1v) is 5.11. The summed E-state index contributed by atoms with van der Waals surface area (Å²) < 4.78 is 37.4. The van der Waals surface area contributed by atoms with E-state index in [9.17, 15) is 13.2 Å². The molecule has 0 radical (unpaired) electrons. The van der Waals surface area contributed by atoms with Gasteiger partial charge in [-0.25, -0.2) is 9.97 Å². The third-order valence-electron chi connectivity index (χ3n) is 2.57. The van der Waals surface area contributed by atoms with Crippen molar-refractivity contribution < 1.29 is 13.2 Å². The van der Waals surface area contributed by atoms with Crippen molar-refractivity contribution in [1.82, 2.24) is 19.9 Å². The Labute approximate surface area is 98.9 Å². The average molecular weight is 252 g/mol. The number of halogens is 3. The Morgan fingerprint density at radius 1 is 1.11 bits per heavy atom. The standard InChI is InChI=1S/C11H7F3N4/c12-11(13,14)8-5-17-10(18-8)7-4-16-9-6(7)2-1-3-15-9/h1-5H,(H,15,16)(H,17,18). The molecular weight excluding hydrogens is 245 g/mol. The van der Waals surface area contributed by atoms with Gasteiger partial charge in [-0.2, -0.15) is 13.2 Å². The van der Waals surface area contributed by atoms with Crippen LogP contribution in [0.3, 0.4) is 0 Å². The second kappa shape index (κ2) is 3.59. The van der Waals surface area contributed by atoms with E-state index in [0.717, 1.165) is 11.6 Å². The number of aromatic nitrogens is 4. The van der Waals surface area contributed by atoms with E-state index < -0.39 is 11.9 Å². The molecule has 0 aliphatic carbocycles. The molecule has 7 heteroatoms. The van der Waals surface area contributed by atoms with Gasteiger partial charge in [-0.3, -0.25) is 0 Å². The molecule has 0 bridgehead atoms. The summed E-state index contributed by atoms with van der Waals surface area (Å²) in [5.74, 6) is 0.168. The molecule has 2 N–H and O–H groups in total. The second-order valence-corrected chi connectivity index (χ2v) is 3.73. The molecule has 18 heavy (non-hydrogen) atoms. The van der Waals surface area contributed by atoms with Gasteiger partial charge >= 0.3 is 6.18 Å². The maximum absolute atomic E-state index is 12.5. The SMILES string of the molecule is FC(F)(F)c1c[nH]c(-c2c[nH]c3ncccc23)n1. The van der Waals surface area contributed by atoms with Crippen molar-refractivity contribution in [3.63, 3.8) is 0 Å². The fraction of sp³-hybridized carbons (Fsp3) is 0.0909. The predicted molar refractivity (Wildman–Crippen MR) is 58.7 cm³/mol. The molecule has 3 heterocycles. The largest absolute Gasteiger partial charge is 0.434 e. The van der Waals surface area contributed by atoms with Crippen LogP contribution in [-0.2, 0) is 6.18 Å². The predicted octanol–water partition coefficient (Wildman–Crippen LogP) is 2.97. The van der Waals surface area contributed by atoms with E-state index in [2.05, 4.69) is 19.9 Å². The van der Waals surface area contributed by atoms with Crippen LogP contribution in [0.25, 0.3) is 22.4 Å².